The average molecular weight is 982 g/mol. The minimum Gasteiger partial charge on any atom is -0.507 e. The lowest BCUT2D eigenvalue weighted by atomic mass is 9.77. The molecule has 2 saturated heterocycles. The van der Waals surface area contributed by atoms with Gasteiger partial charge >= 0.3 is 11.8 Å². The number of esters is 1. The number of aliphatic hydroxyl groups is 3. The van der Waals surface area contributed by atoms with Crippen LogP contribution in [0.2, 0.25) is 0 Å². The van der Waals surface area contributed by atoms with E-state index in [9.17, 15) is 49.2 Å². The van der Waals surface area contributed by atoms with Crippen molar-refractivity contribution in [3.05, 3.63) is 70.2 Å². The summed E-state index contributed by atoms with van der Waals surface area (Å²) >= 11 is 0. The fourth-order valence-electron chi connectivity index (χ4n) is 9.41. The van der Waals surface area contributed by atoms with E-state index in [1.165, 1.54) is 70.9 Å². The van der Waals surface area contributed by atoms with Crippen LogP contribution in [-0.2, 0) is 42.8 Å². The molecule has 7 rings (SSSR count). The lowest BCUT2D eigenvalue weighted by molar-refractivity contribution is -0.245. The molecule has 2 fully saturated rings. The Labute approximate surface area is 406 Å². The number of rotatable bonds is 8. The zero-order chi connectivity index (χ0) is 51.9. The number of phenolic OH excluding ortho intramolecular Hbond substituents is 1. The first-order valence-corrected chi connectivity index (χ1v) is 23.4. The molecular formula is C50H67N3O17. The number of Topliss-reactive ketones (excluding diaryl/α,β-unsaturated/α-hetero) is 2. The van der Waals surface area contributed by atoms with Gasteiger partial charge in [-0.3, -0.25) is 34.2 Å². The van der Waals surface area contributed by atoms with E-state index in [1.807, 2.05) is 6.92 Å². The number of ether oxygens (including phenoxy) is 7. The van der Waals surface area contributed by atoms with E-state index in [2.05, 4.69) is 10.7 Å². The Kier molecular flexibility index (Phi) is 16.3. The van der Waals surface area contributed by atoms with Crippen molar-refractivity contribution in [1.29, 1.82) is 0 Å². The summed E-state index contributed by atoms with van der Waals surface area (Å²) in [5.41, 5.74) is -0.502. The molecule has 0 saturated carbocycles. The molecule has 2 amide bonds. The topological polar surface area (TPSA) is 275 Å². The monoisotopic (exact) mass is 981 g/mol. The molecule has 5 heterocycles. The summed E-state index contributed by atoms with van der Waals surface area (Å²) in [5, 5.41) is 51.3. The van der Waals surface area contributed by atoms with Gasteiger partial charge in [0.25, 0.3) is 11.7 Å². The molecule has 5 bridgehead atoms. The third-order valence-electron chi connectivity index (χ3n) is 13.9. The first-order chi connectivity index (χ1) is 32.7. The number of hydrazine groups is 1. The van der Waals surface area contributed by atoms with Crippen molar-refractivity contribution in [2.45, 2.75) is 143 Å². The Morgan fingerprint density at radius 3 is 2.29 bits per heavy atom. The molecule has 5 aliphatic heterocycles. The van der Waals surface area contributed by atoms with Crippen LogP contribution in [0.25, 0.3) is 0 Å². The van der Waals surface area contributed by atoms with Gasteiger partial charge in [0.2, 0.25) is 11.7 Å². The number of fused-ring (bicyclic) bond motifs is 15. The number of nitrogens with zero attached hydrogens (tertiary/aromatic N) is 1. The number of carbonyl (C=O) groups excluding carboxylic acids is 6. The van der Waals surface area contributed by atoms with Gasteiger partial charge in [-0.1, -0.05) is 39.0 Å². The summed E-state index contributed by atoms with van der Waals surface area (Å²) in [6, 6.07) is 0. The summed E-state index contributed by atoms with van der Waals surface area (Å²) in [4.78, 5) is 82.0. The van der Waals surface area contributed by atoms with E-state index < -0.39 is 135 Å². The highest BCUT2D eigenvalue weighted by molar-refractivity contribution is 6.30. The number of hydrogen-bond donors (Lipinski definition) is 6. The lowest BCUT2D eigenvalue weighted by Crippen LogP contribution is -2.49. The summed E-state index contributed by atoms with van der Waals surface area (Å²) in [6.45, 7) is 15.4. The number of carbonyl (C=O) groups is 6. The zero-order valence-electron chi connectivity index (χ0n) is 41.6. The molecule has 70 heavy (non-hydrogen) atoms. The zero-order valence-corrected chi connectivity index (χ0v) is 41.6. The van der Waals surface area contributed by atoms with E-state index in [0.29, 0.717) is 0 Å². The molecule has 0 spiro atoms. The highest BCUT2D eigenvalue weighted by Gasteiger charge is 2.52. The maximum atomic E-state index is 14.3. The summed E-state index contributed by atoms with van der Waals surface area (Å²) < 4.78 is 42.0. The highest BCUT2D eigenvalue weighted by atomic mass is 16.7. The lowest BCUT2D eigenvalue weighted by Gasteiger charge is -2.40. The molecule has 1 unspecified atom stereocenters. The first kappa shape index (κ1) is 54.0. The van der Waals surface area contributed by atoms with E-state index >= 15 is 0 Å². The van der Waals surface area contributed by atoms with E-state index in [0.717, 1.165) is 12.3 Å². The van der Waals surface area contributed by atoms with Crippen molar-refractivity contribution < 1.29 is 82.4 Å². The van der Waals surface area contributed by atoms with Crippen LogP contribution in [-0.4, -0.2) is 142 Å². The van der Waals surface area contributed by atoms with E-state index in [1.54, 1.807) is 34.9 Å². The number of amides is 2. The third kappa shape index (κ3) is 10.9. The minimum absolute atomic E-state index is 0.00933. The Bertz CT molecular complexity index is 2370. The number of nitrogens with one attached hydrogen (secondary N) is 2. The number of aliphatic hydroxyl groups excluding tert-OH is 3. The molecule has 6 N–H and O–H groups in total. The van der Waals surface area contributed by atoms with Gasteiger partial charge in [0, 0.05) is 74.7 Å². The van der Waals surface area contributed by atoms with Gasteiger partial charge in [0.1, 0.15) is 30.5 Å². The maximum absolute atomic E-state index is 14.3. The van der Waals surface area contributed by atoms with Crippen LogP contribution < -0.4 is 15.5 Å². The van der Waals surface area contributed by atoms with Crippen molar-refractivity contribution in [3.63, 3.8) is 0 Å². The summed E-state index contributed by atoms with van der Waals surface area (Å²) in [6.07, 6.45) is -0.737. The van der Waals surface area contributed by atoms with Crippen molar-refractivity contribution in [2.75, 3.05) is 20.9 Å². The van der Waals surface area contributed by atoms with Crippen LogP contribution in [0.4, 0.5) is 0 Å². The molecule has 20 nitrogen and oxygen atoms in total. The van der Waals surface area contributed by atoms with E-state index in [-0.39, 0.29) is 54.3 Å². The second-order valence-electron chi connectivity index (χ2n) is 20.0. The first-order valence-electron chi connectivity index (χ1n) is 23.4. The molecule has 384 valence electrons. The third-order valence-corrected chi connectivity index (χ3v) is 13.9. The van der Waals surface area contributed by atoms with Gasteiger partial charge in [0.05, 0.1) is 70.7 Å². The van der Waals surface area contributed by atoms with Gasteiger partial charge in [-0.15, -0.1) is 0 Å². The molecule has 20 heteroatoms. The quantitative estimate of drug-likeness (QED) is 0.161. The molecular weight excluding hydrogens is 915 g/mol. The molecule has 0 aromatic heterocycles. The van der Waals surface area contributed by atoms with Crippen molar-refractivity contribution in [2.24, 2.45) is 29.1 Å². The van der Waals surface area contributed by atoms with Gasteiger partial charge in [0.15, 0.2) is 12.1 Å². The van der Waals surface area contributed by atoms with Crippen LogP contribution in [0.5, 0.6) is 11.5 Å². The van der Waals surface area contributed by atoms with Crippen LogP contribution in [0.3, 0.4) is 0 Å². The number of aromatic hydroxyl groups is 1. The number of hydrogen-bond acceptors (Lipinski definition) is 18. The molecule has 1 aromatic carbocycles. The second kappa shape index (κ2) is 21.2. The predicted octanol–water partition coefficient (Wildman–Crippen LogP) is 3.23. The van der Waals surface area contributed by atoms with Crippen LogP contribution >= 0.6 is 0 Å². The van der Waals surface area contributed by atoms with Gasteiger partial charge < -0.3 is 58.9 Å². The number of phenols is 1. The van der Waals surface area contributed by atoms with Crippen molar-refractivity contribution >= 4 is 35.1 Å². The van der Waals surface area contributed by atoms with Gasteiger partial charge in [-0.2, -0.15) is 0 Å². The molecule has 14 atom stereocenters. The van der Waals surface area contributed by atoms with Gasteiger partial charge in [-0.25, -0.2) is 5.01 Å². The van der Waals surface area contributed by atoms with Crippen molar-refractivity contribution in [1.82, 2.24) is 15.8 Å². The largest absolute Gasteiger partial charge is 0.507 e. The predicted molar refractivity (Wildman–Crippen MR) is 247 cm³/mol. The average Bonchev–Trinajstić information content (AvgIpc) is 3.87. The van der Waals surface area contributed by atoms with Gasteiger partial charge in [-0.05, 0) is 47.6 Å². The fraction of sp³-hybridized carbons (Fsp3) is 0.600. The summed E-state index contributed by atoms with van der Waals surface area (Å²) in [7, 11) is 3.24. The highest BCUT2D eigenvalue weighted by Crippen LogP contribution is 2.48. The standard InChI is InChI=1S/C50H67N3O17/c1-22-14-13-15-29(27(6)68-48(63)49(8,9)20-34(55)52-53(11)12)41(58)25(4)40(57)24(3)39(56)23(2)32(69-35-19-33-45(28(7)67-35)65-21-64-33)16-17-66-50(10)46(61)38-36-31(54)18-30(51-47(22)62)43(60)37(36)42(59)26(5)44(38)70-50/h13-18,23-25,27-29,32-33,35,39-41,45,56-59H,19-21H2,1-12H3,(H,51,62)(H,52,55)/b15-13+,17-16+,22-14-/t23-,24+,25+,27?,28-,29-,32+,33+,35+,39-,40+,41-,45-,50+/m1/s1. The smallest absolute Gasteiger partial charge is 0.312 e. The Hall–Kier alpha value is -5.32. The number of ketones is 3. The Morgan fingerprint density at radius 2 is 1.61 bits per heavy atom. The minimum atomic E-state index is -2.14. The van der Waals surface area contributed by atoms with E-state index in [4.69, 9.17) is 33.2 Å². The van der Waals surface area contributed by atoms with Crippen LogP contribution in [0.1, 0.15) is 112 Å². The second-order valence-corrected chi connectivity index (χ2v) is 20.0. The molecule has 1 aromatic rings. The Balaban J connectivity index is 1.39. The number of benzene rings is 1. The van der Waals surface area contributed by atoms with Crippen LogP contribution in [0, 0.1) is 36.0 Å². The summed E-state index contributed by atoms with van der Waals surface area (Å²) in [5.74, 6) is -11.6. The maximum Gasteiger partial charge on any atom is 0.312 e. The molecule has 6 aliphatic rings. The van der Waals surface area contributed by atoms with Crippen molar-refractivity contribution in [3.8, 4) is 11.5 Å². The normalized spacial score (nSPS) is 35.1. The molecule has 0 radical (unpaired) electrons. The SMILES string of the molecule is C/C1=C/C=C/[C@H](C(C)OC(=O)C(C)(C)CC(=O)NN(C)C)[C@H](O)[C@@H](C)[C@@H](O)[C@@H](C)[C@H](O)[C@H](C)[C@@H](O[C@H]2C[C@@H]3OCO[C@@H]3[C@@H](C)O2)/C=C/O[C@@]2(C)Oc3c(C)c(O)c4c(c3C2=O)C(=O)C=C(NC1=O)C4=O. The number of allylic oxidation sites excluding steroid dienone is 4. The molecule has 1 aliphatic carbocycles. The van der Waals surface area contributed by atoms with Crippen LogP contribution in [0.15, 0.2) is 47.9 Å². The fourth-order valence-corrected chi connectivity index (χ4v) is 9.41. The Morgan fingerprint density at radius 1 is 0.957 bits per heavy atom.